The van der Waals surface area contributed by atoms with Crippen molar-refractivity contribution in [2.75, 3.05) is 33.5 Å². The molecule has 0 aromatic carbocycles. The molecule has 0 radical (unpaired) electrons. The standard InChI is InChI=1S/C9H21NO3/c1-9(10,8-11)4-3-5-13-7-6-12-2/h11H,3-8,10H2,1-2H3. The van der Waals surface area contributed by atoms with Crippen LogP contribution in [0.15, 0.2) is 0 Å². The third kappa shape index (κ3) is 8.18. The molecular weight excluding hydrogens is 170 g/mol. The number of aliphatic hydroxyl groups is 1. The lowest BCUT2D eigenvalue weighted by atomic mass is 9.99. The van der Waals surface area contributed by atoms with E-state index < -0.39 is 5.54 Å². The van der Waals surface area contributed by atoms with Crippen molar-refractivity contribution in [3.63, 3.8) is 0 Å². The van der Waals surface area contributed by atoms with Crippen LogP contribution in [0.4, 0.5) is 0 Å². The third-order valence-corrected chi connectivity index (χ3v) is 1.83. The Morgan fingerprint density at radius 2 is 2.00 bits per heavy atom. The second kappa shape index (κ2) is 7.26. The molecule has 0 heterocycles. The first-order chi connectivity index (χ1) is 6.12. The SMILES string of the molecule is COCCOCCCC(C)(N)CO. The summed E-state index contributed by atoms with van der Waals surface area (Å²) in [4.78, 5) is 0. The predicted molar refractivity (Wildman–Crippen MR) is 51.6 cm³/mol. The number of aliphatic hydroxyl groups excluding tert-OH is 1. The molecule has 0 fully saturated rings. The Balaban J connectivity index is 3.16. The zero-order chi connectivity index (χ0) is 10.2. The monoisotopic (exact) mass is 191 g/mol. The first-order valence-electron chi connectivity index (χ1n) is 4.59. The minimum absolute atomic E-state index is 0.0189. The second-order valence-corrected chi connectivity index (χ2v) is 3.52. The number of nitrogens with two attached hydrogens (primary N) is 1. The quantitative estimate of drug-likeness (QED) is 0.536. The minimum Gasteiger partial charge on any atom is -0.394 e. The van der Waals surface area contributed by atoms with Gasteiger partial charge in [0.2, 0.25) is 0 Å². The summed E-state index contributed by atoms with van der Waals surface area (Å²) in [7, 11) is 1.64. The lowest BCUT2D eigenvalue weighted by molar-refractivity contribution is 0.0649. The van der Waals surface area contributed by atoms with Crippen molar-refractivity contribution in [3.05, 3.63) is 0 Å². The maximum Gasteiger partial charge on any atom is 0.0700 e. The molecule has 0 amide bonds. The molecule has 3 N–H and O–H groups in total. The van der Waals surface area contributed by atoms with Crippen LogP contribution in [0.5, 0.6) is 0 Å². The molecular formula is C9H21NO3. The van der Waals surface area contributed by atoms with E-state index in [0.717, 1.165) is 12.8 Å². The van der Waals surface area contributed by atoms with Crippen LogP contribution in [0.1, 0.15) is 19.8 Å². The summed E-state index contributed by atoms with van der Waals surface area (Å²) in [5.74, 6) is 0. The van der Waals surface area contributed by atoms with Gasteiger partial charge in [0.15, 0.2) is 0 Å². The van der Waals surface area contributed by atoms with Gasteiger partial charge in [0.25, 0.3) is 0 Å². The van der Waals surface area contributed by atoms with Crippen LogP contribution in [0.25, 0.3) is 0 Å². The molecule has 13 heavy (non-hydrogen) atoms. The normalized spacial score (nSPS) is 15.7. The van der Waals surface area contributed by atoms with Gasteiger partial charge < -0.3 is 20.3 Å². The maximum atomic E-state index is 8.85. The highest BCUT2D eigenvalue weighted by atomic mass is 16.5. The number of methoxy groups -OCH3 is 1. The Kier molecular flexibility index (Phi) is 7.17. The van der Waals surface area contributed by atoms with Crippen molar-refractivity contribution in [2.24, 2.45) is 5.73 Å². The molecule has 4 heteroatoms. The van der Waals surface area contributed by atoms with Gasteiger partial charge in [-0.25, -0.2) is 0 Å². The van der Waals surface area contributed by atoms with Crippen molar-refractivity contribution in [2.45, 2.75) is 25.3 Å². The Morgan fingerprint density at radius 3 is 2.54 bits per heavy atom. The fourth-order valence-electron chi connectivity index (χ4n) is 0.901. The molecule has 0 bridgehead atoms. The first kappa shape index (κ1) is 12.8. The van der Waals surface area contributed by atoms with Gasteiger partial charge >= 0.3 is 0 Å². The molecule has 0 saturated carbocycles. The summed E-state index contributed by atoms with van der Waals surface area (Å²) < 4.78 is 10.1. The molecule has 0 aliphatic heterocycles. The Labute approximate surface area is 80.0 Å². The predicted octanol–water partition coefficient (Wildman–Crippen LogP) is 0.139. The molecule has 0 saturated heterocycles. The zero-order valence-corrected chi connectivity index (χ0v) is 8.58. The molecule has 80 valence electrons. The topological polar surface area (TPSA) is 64.7 Å². The molecule has 0 rings (SSSR count). The van der Waals surface area contributed by atoms with Crippen LogP contribution in [0.3, 0.4) is 0 Å². The van der Waals surface area contributed by atoms with Crippen LogP contribution in [0, 0.1) is 0 Å². The van der Waals surface area contributed by atoms with E-state index in [0.29, 0.717) is 19.8 Å². The van der Waals surface area contributed by atoms with Crippen LogP contribution >= 0.6 is 0 Å². The fourth-order valence-corrected chi connectivity index (χ4v) is 0.901. The molecule has 1 unspecified atom stereocenters. The average molecular weight is 191 g/mol. The molecule has 0 aromatic rings. The lowest BCUT2D eigenvalue weighted by Crippen LogP contribution is -2.40. The van der Waals surface area contributed by atoms with Gasteiger partial charge in [-0.05, 0) is 19.8 Å². The van der Waals surface area contributed by atoms with E-state index >= 15 is 0 Å². The molecule has 0 aliphatic rings. The van der Waals surface area contributed by atoms with Gasteiger partial charge in [0.05, 0.1) is 19.8 Å². The number of hydrogen-bond acceptors (Lipinski definition) is 4. The van der Waals surface area contributed by atoms with Crippen molar-refractivity contribution in [3.8, 4) is 0 Å². The van der Waals surface area contributed by atoms with E-state index in [4.69, 9.17) is 20.3 Å². The minimum atomic E-state index is -0.468. The van der Waals surface area contributed by atoms with Crippen LogP contribution in [-0.4, -0.2) is 44.2 Å². The van der Waals surface area contributed by atoms with Crippen LogP contribution in [0.2, 0.25) is 0 Å². The smallest absolute Gasteiger partial charge is 0.0700 e. The van der Waals surface area contributed by atoms with Gasteiger partial charge in [0.1, 0.15) is 0 Å². The highest BCUT2D eigenvalue weighted by Gasteiger charge is 2.15. The van der Waals surface area contributed by atoms with Crippen LogP contribution in [-0.2, 0) is 9.47 Å². The second-order valence-electron chi connectivity index (χ2n) is 3.52. The maximum absolute atomic E-state index is 8.85. The van der Waals surface area contributed by atoms with E-state index in [1.165, 1.54) is 0 Å². The summed E-state index contributed by atoms with van der Waals surface area (Å²) in [6, 6.07) is 0. The molecule has 0 spiro atoms. The summed E-state index contributed by atoms with van der Waals surface area (Å²) >= 11 is 0. The molecule has 0 aliphatic carbocycles. The van der Waals surface area contributed by atoms with Crippen molar-refractivity contribution < 1.29 is 14.6 Å². The van der Waals surface area contributed by atoms with Gasteiger partial charge in [-0.2, -0.15) is 0 Å². The Bertz CT molecular complexity index is 117. The Morgan fingerprint density at radius 1 is 1.31 bits per heavy atom. The Hall–Kier alpha value is -0.160. The van der Waals surface area contributed by atoms with Gasteiger partial charge in [-0.1, -0.05) is 0 Å². The highest BCUT2D eigenvalue weighted by Crippen LogP contribution is 2.07. The fraction of sp³-hybridized carbons (Fsp3) is 1.00. The third-order valence-electron chi connectivity index (χ3n) is 1.83. The largest absolute Gasteiger partial charge is 0.394 e. The lowest BCUT2D eigenvalue weighted by Gasteiger charge is -2.21. The van der Waals surface area contributed by atoms with Gasteiger partial charge in [-0.15, -0.1) is 0 Å². The van der Waals surface area contributed by atoms with E-state index in [2.05, 4.69) is 0 Å². The van der Waals surface area contributed by atoms with Crippen LogP contribution < -0.4 is 5.73 Å². The number of ether oxygens (including phenoxy) is 2. The molecule has 0 aromatic heterocycles. The van der Waals surface area contributed by atoms with E-state index in [9.17, 15) is 0 Å². The summed E-state index contributed by atoms with van der Waals surface area (Å²) in [6.07, 6.45) is 1.65. The van der Waals surface area contributed by atoms with Gasteiger partial charge in [0, 0.05) is 19.3 Å². The molecule has 1 atom stereocenters. The number of hydrogen-bond donors (Lipinski definition) is 2. The van der Waals surface area contributed by atoms with Crippen molar-refractivity contribution >= 4 is 0 Å². The average Bonchev–Trinajstić information content (AvgIpc) is 2.11. The summed E-state index contributed by atoms with van der Waals surface area (Å²) in [6.45, 7) is 3.78. The number of rotatable bonds is 8. The summed E-state index contributed by atoms with van der Waals surface area (Å²) in [5, 5.41) is 8.85. The molecule has 4 nitrogen and oxygen atoms in total. The van der Waals surface area contributed by atoms with E-state index in [1.54, 1.807) is 7.11 Å². The zero-order valence-electron chi connectivity index (χ0n) is 8.58. The van der Waals surface area contributed by atoms with Crippen molar-refractivity contribution in [1.29, 1.82) is 0 Å². The first-order valence-corrected chi connectivity index (χ1v) is 4.59. The van der Waals surface area contributed by atoms with Crippen molar-refractivity contribution in [1.82, 2.24) is 0 Å². The van der Waals surface area contributed by atoms with E-state index in [-0.39, 0.29) is 6.61 Å². The van der Waals surface area contributed by atoms with E-state index in [1.807, 2.05) is 6.92 Å². The highest BCUT2D eigenvalue weighted by molar-refractivity contribution is 4.76. The van der Waals surface area contributed by atoms with Gasteiger partial charge in [-0.3, -0.25) is 0 Å². The summed E-state index contributed by atoms with van der Waals surface area (Å²) in [5.41, 5.74) is 5.26.